The van der Waals surface area contributed by atoms with E-state index in [9.17, 15) is 27.9 Å². The molecule has 1 aromatic rings. The minimum absolute atomic E-state index is 0.0419. The lowest BCUT2D eigenvalue weighted by atomic mass is 10.0. The lowest BCUT2D eigenvalue weighted by Gasteiger charge is -2.18. The highest BCUT2D eigenvalue weighted by molar-refractivity contribution is 9.11. The molecule has 0 aromatic heterocycles. The normalized spacial score (nSPS) is 20.8. The fourth-order valence-electron chi connectivity index (χ4n) is 3.31. The Kier molecular flexibility index (Phi) is 7.85. The van der Waals surface area contributed by atoms with Gasteiger partial charge in [-0.25, -0.2) is 9.18 Å². The first-order valence-corrected chi connectivity index (χ1v) is 10.9. The summed E-state index contributed by atoms with van der Waals surface area (Å²) in [6.45, 7) is 3.66. The average molecular weight is 530 g/mol. The number of allylic oxidation sites excluding steroid dienone is 4. The monoisotopic (exact) mass is 529 g/mol. The Morgan fingerprint density at radius 2 is 2.09 bits per heavy atom. The minimum Gasteiger partial charge on any atom is -0.442 e. The molecule has 1 aromatic carbocycles. The first-order chi connectivity index (χ1) is 15.6. The zero-order valence-corrected chi connectivity index (χ0v) is 19.4. The Morgan fingerprint density at radius 3 is 2.73 bits per heavy atom. The molecule has 1 aliphatic heterocycles. The zero-order valence-electron chi connectivity index (χ0n) is 17.8. The van der Waals surface area contributed by atoms with Gasteiger partial charge in [0.05, 0.1) is 24.5 Å². The fraction of sp³-hybridized carbons (Fsp3) is 0.364. The number of amides is 2. The van der Waals surface area contributed by atoms with Crippen LogP contribution in [0.4, 0.5) is 29.3 Å². The molecule has 11 heteroatoms. The molecule has 7 nitrogen and oxygen atoms in total. The van der Waals surface area contributed by atoms with Crippen LogP contribution < -0.4 is 15.5 Å². The Balaban J connectivity index is 1.73. The van der Waals surface area contributed by atoms with Crippen molar-refractivity contribution in [2.45, 2.75) is 32.5 Å². The van der Waals surface area contributed by atoms with Crippen molar-refractivity contribution in [3.63, 3.8) is 0 Å². The number of anilines is 2. The van der Waals surface area contributed by atoms with Crippen LogP contribution in [0.1, 0.15) is 13.8 Å². The topological polar surface area (TPSA) is 90.9 Å². The standard InChI is InChI=1S/C22H23BrF3N3O4/c1-11(2)14-8-18(19(30)6-4-15(14)23)28-17-5-3-12(7-16(17)24)29-10-13(33-22(29)32)9-27-21(31)20(25)26/h3-8,11,13,19-20,28,30H,9-10H2,1-2H3,(H,27,31)/t13-,19?/m0/s1. The van der Waals surface area contributed by atoms with Gasteiger partial charge in [0.1, 0.15) is 18.0 Å². The van der Waals surface area contributed by atoms with E-state index in [1.165, 1.54) is 12.1 Å². The van der Waals surface area contributed by atoms with E-state index in [4.69, 9.17) is 4.74 Å². The molecular weight excluding hydrogens is 507 g/mol. The molecular formula is C22H23BrF3N3O4. The number of nitrogens with zero attached hydrogens (tertiary/aromatic N) is 1. The molecule has 1 unspecified atom stereocenters. The summed E-state index contributed by atoms with van der Waals surface area (Å²) in [5.74, 6) is -1.98. The van der Waals surface area contributed by atoms with Gasteiger partial charge in [0, 0.05) is 10.2 Å². The zero-order chi connectivity index (χ0) is 24.3. The van der Waals surface area contributed by atoms with E-state index in [2.05, 4.69) is 21.2 Å². The van der Waals surface area contributed by atoms with Gasteiger partial charge in [-0.3, -0.25) is 9.69 Å². The number of ether oxygens (including phenoxy) is 1. The molecule has 178 valence electrons. The van der Waals surface area contributed by atoms with Gasteiger partial charge in [0.25, 0.3) is 5.91 Å². The Morgan fingerprint density at radius 1 is 1.36 bits per heavy atom. The van der Waals surface area contributed by atoms with E-state index in [1.807, 2.05) is 19.2 Å². The summed E-state index contributed by atoms with van der Waals surface area (Å²) in [6.07, 6.45) is -0.720. The lowest BCUT2D eigenvalue weighted by Crippen LogP contribution is -2.37. The molecule has 2 atom stereocenters. The number of benzene rings is 1. The van der Waals surface area contributed by atoms with Crippen molar-refractivity contribution >= 4 is 39.3 Å². The molecule has 1 heterocycles. The van der Waals surface area contributed by atoms with Gasteiger partial charge in [-0.05, 0) is 47.9 Å². The van der Waals surface area contributed by atoms with Crippen LogP contribution in [-0.4, -0.2) is 48.8 Å². The van der Waals surface area contributed by atoms with Crippen LogP contribution in [0.3, 0.4) is 0 Å². The van der Waals surface area contributed by atoms with Crippen LogP contribution in [0, 0.1) is 11.7 Å². The summed E-state index contributed by atoms with van der Waals surface area (Å²) >= 11 is 3.47. The second kappa shape index (κ2) is 10.4. The number of hydrogen-bond donors (Lipinski definition) is 3. The molecule has 1 aliphatic carbocycles. The highest BCUT2D eigenvalue weighted by Crippen LogP contribution is 2.30. The third-order valence-corrected chi connectivity index (χ3v) is 5.79. The van der Waals surface area contributed by atoms with Crippen LogP contribution >= 0.6 is 15.9 Å². The maximum atomic E-state index is 14.9. The molecule has 0 saturated carbocycles. The lowest BCUT2D eigenvalue weighted by molar-refractivity contribution is -0.132. The van der Waals surface area contributed by atoms with Crippen molar-refractivity contribution in [1.29, 1.82) is 0 Å². The van der Waals surface area contributed by atoms with E-state index in [1.54, 1.807) is 18.2 Å². The predicted molar refractivity (Wildman–Crippen MR) is 121 cm³/mol. The molecule has 0 radical (unpaired) electrons. The average Bonchev–Trinajstić information content (AvgIpc) is 3.06. The van der Waals surface area contributed by atoms with Crippen LogP contribution in [-0.2, 0) is 9.53 Å². The quantitative estimate of drug-likeness (QED) is 0.495. The highest BCUT2D eigenvalue weighted by Gasteiger charge is 2.33. The van der Waals surface area contributed by atoms with E-state index in [-0.39, 0.29) is 30.4 Å². The van der Waals surface area contributed by atoms with Gasteiger partial charge in [-0.1, -0.05) is 29.8 Å². The summed E-state index contributed by atoms with van der Waals surface area (Å²) in [5.41, 5.74) is 1.59. The van der Waals surface area contributed by atoms with E-state index in [0.29, 0.717) is 5.70 Å². The first kappa shape index (κ1) is 24.8. The summed E-state index contributed by atoms with van der Waals surface area (Å²) in [4.78, 5) is 24.3. The molecule has 3 N–H and O–H groups in total. The summed E-state index contributed by atoms with van der Waals surface area (Å²) in [5, 5.41) is 15.3. The number of cyclic esters (lactones) is 1. The number of alkyl halides is 2. The summed E-state index contributed by atoms with van der Waals surface area (Å²) in [6, 6.07) is 4.03. The van der Waals surface area contributed by atoms with E-state index in [0.717, 1.165) is 21.0 Å². The van der Waals surface area contributed by atoms with Gasteiger partial charge in [-0.2, -0.15) is 8.78 Å². The van der Waals surface area contributed by atoms with Gasteiger partial charge < -0.3 is 20.5 Å². The van der Waals surface area contributed by atoms with Crippen molar-refractivity contribution in [2.24, 2.45) is 5.92 Å². The number of carbonyl (C=O) groups is 2. The molecule has 0 bridgehead atoms. The number of hydrogen-bond acceptors (Lipinski definition) is 5. The Labute approximate surface area is 197 Å². The van der Waals surface area contributed by atoms with E-state index >= 15 is 0 Å². The third-order valence-electron chi connectivity index (χ3n) is 5.07. The van der Waals surface area contributed by atoms with Crippen molar-refractivity contribution in [3.8, 4) is 0 Å². The molecule has 1 fully saturated rings. The van der Waals surface area contributed by atoms with Crippen LogP contribution in [0.5, 0.6) is 0 Å². The molecule has 0 spiro atoms. The Bertz CT molecular complexity index is 1030. The van der Waals surface area contributed by atoms with Crippen LogP contribution in [0.25, 0.3) is 0 Å². The van der Waals surface area contributed by atoms with E-state index < -0.39 is 36.5 Å². The number of rotatable bonds is 7. The second-order valence-corrected chi connectivity index (χ2v) is 8.67. The van der Waals surface area contributed by atoms with Crippen LogP contribution in [0.15, 0.2) is 52.2 Å². The maximum Gasteiger partial charge on any atom is 0.414 e. The van der Waals surface area contributed by atoms with Gasteiger partial charge in [0.2, 0.25) is 0 Å². The molecule has 2 amide bonds. The number of nitrogens with one attached hydrogen (secondary N) is 2. The second-order valence-electron chi connectivity index (χ2n) is 7.81. The van der Waals surface area contributed by atoms with Crippen LogP contribution in [0.2, 0.25) is 0 Å². The Hall–Kier alpha value is -2.79. The molecule has 3 rings (SSSR count). The van der Waals surface area contributed by atoms with Crippen molar-refractivity contribution in [3.05, 3.63) is 58.0 Å². The largest absolute Gasteiger partial charge is 0.442 e. The van der Waals surface area contributed by atoms with Gasteiger partial charge in [0.15, 0.2) is 0 Å². The molecule has 1 saturated heterocycles. The third kappa shape index (κ3) is 5.97. The maximum absolute atomic E-state index is 14.9. The SMILES string of the molecule is CC(C)C1=C(Br)C=CC(O)C(Nc2ccc(N3C[C@H](CNC(=O)C(F)F)OC3=O)cc2F)=C1. The van der Waals surface area contributed by atoms with Crippen molar-refractivity contribution < 1.29 is 32.6 Å². The predicted octanol–water partition coefficient (Wildman–Crippen LogP) is 4.06. The number of aliphatic hydroxyl groups excluding tert-OH is 1. The summed E-state index contributed by atoms with van der Waals surface area (Å²) in [7, 11) is 0. The fourth-order valence-corrected chi connectivity index (χ4v) is 4.03. The smallest absolute Gasteiger partial charge is 0.414 e. The first-order valence-electron chi connectivity index (χ1n) is 10.1. The minimum atomic E-state index is -3.17. The van der Waals surface area contributed by atoms with Gasteiger partial charge >= 0.3 is 12.5 Å². The molecule has 33 heavy (non-hydrogen) atoms. The number of carbonyl (C=O) groups excluding carboxylic acids is 2. The summed E-state index contributed by atoms with van der Waals surface area (Å²) < 4.78 is 45.3. The molecule has 2 aliphatic rings. The number of halogens is 4. The number of aliphatic hydroxyl groups is 1. The van der Waals surface area contributed by atoms with Crippen molar-refractivity contribution in [2.75, 3.05) is 23.3 Å². The highest BCUT2D eigenvalue weighted by atomic mass is 79.9. The van der Waals surface area contributed by atoms with Gasteiger partial charge in [-0.15, -0.1) is 0 Å². The van der Waals surface area contributed by atoms with Crippen molar-refractivity contribution in [1.82, 2.24) is 5.32 Å².